The summed E-state index contributed by atoms with van der Waals surface area (Å²) in [5.74, 6) is -0.409. The number of nitrogens with one attached hydrogen (secondary N) is 1. The van der Waals surface area contributed by atoms with Gasteiger partial charge in [-0.3, -0.25) is 0 Å². The number of halogens is 2. The summed E-state index contributed by atoms with van der Waals surface area (Å²) in [6.07, 6.45) is 0.866. The second-order valence-corrected chi connectivity index (χ2v) is 5.00. The molecular weight excluding hydrogens is 307 g/mol. The van der Waals surface area contributed by atoms with E-state index >= 15 is 0 Å². The third kappa shape index (κ3) is 3.12. The summed E-state index contributed by atoms with van der Waals surface area (Å²) in [7, 11) is 0. The normalized spacial score (nSPS) is 10.0. The van der Waals surface area contributed by atoms with Crippen LogP contribution in [0.5, 0.6) is 0 Å². The number of nitrogens with zero attached hydrogens (tertiary/aromatic N) is 1. The first-order chi connectivity index (χ1) is 9.13. The molecule has 0 aliphatic heterocycles. The average Bonchev–Trinajstić information content (AvgIpc) is 2.42. The van der Waals surface area contributed by atoms with E-state index in [1.807, 2.05) is 24.3 Å². The van der Waals surface area contributed by atoms with E-state index in [9.17, 15) is 4.39 Å². The number of benzene rings is 2. The first-order valence-electron chi connectivity index (χ1n) is 5.89. The maximum Gasteiger partial charge on any atom is 0.124 e. The summed E-state index contributed by atoms with van der Waals surface area (Å²) < 4.78 is 14.1. The third-order valence-corrected chi connectivity index (χ3v) is 3.31. The highest BCUT2D eigenvalue weighted by Crippen LogP contribution is 2.27. The van der Waals surface area contributed by atoms with Gasteiger partial charge in [-0.25, -0.2) is 4.39 Å². The van der Waals surface area contributed by atoms with Gasteiger partial charge in [-0.1, -0.05) is 22.9 Å². The van der Waals surface area contributed by atoms with Crippen molar-refractivity contribution in [3.05, 3.63) is 57.8 Å². The van der Waals surface area contributed by atoms with Crippen molar-refractivity contribution in [2.45, 2.75) is 13.3 Å². The third-order valence-electron chi connectivity index (χ3n) is 2.82. The smallest absolute Gasteiger partial charge is 0.124 e. The first-order valence-corrected chi connectivity index (χ1v) is 6.68. The molecule has 0 saturated heterocycles. The van der Waals surface area contributed by atoms with E-state index in [0.717, 1.165) is 22.1 Å². The molecule has 0 unspecified atom stereocenters. The highest BCUT2D eigenvalue weighted by molar-refractivity contribution is 9.10. The number of rotatable bonds is 3. The van der Waals surface area contributed by atoms with E-state index in [2.05, 4.69) is 28.2 Å². The first kappa shape index (κ1) is 13.6. The van der Waals surface area contributed by atoms with Crippen molar-refractivity contribution >= 4 is 27.3 Å². The van der Waals surface area contributed by atoms with Crippen LogP contribution < -0.4 is 5.32 Å². The van der Waals surface area contributed by atoms with Crippen LogP contribution in [-0.2, 0) is 6.42 Å². The maximum atomic E-state index is 13.1. The largest absolute Gasteiger partial charge is 0.354 e. The maximum absolute atomic E-state index is 13.1. The van der Waals surface area contributed by atoms with Crippen LogP contribution in [0.2, 0.25) is 0 Å². The van der Waals surface area contributed by atoms with E-state index in [0.29, 0.717) is 11.3 Å². The van der Waals surface area contributed by atoms with Crippen molar-refractivity contribution < 1.29 is 4.39 Å². The van der Waals surface area contributed by atoms with E-state index in [-0.39, 0.29) is 0 Å². The van der Waals surface area contributed by atoms with Gasteiger partial charge in [0.15, 0.2) is 0 Å². The topological polar surface area (TPSA) is 35.8 Å². The van der Waals surface area contributed by atoms with Crippen molar-refractivity contribution in [2.75, 3.05) is 5.32 Å². The van der Waals surface area contributed by atoms with Crippen molar-refractivity contribution in [2.24, 2.45) is 0 Å². The molecule has 0 atom stereocenters. The van der Waals surface area contributed by atoms with E-state index in [4.69, 9.17) is 5.26 Å². The van der Waals surface area contributed by atoms with E-state index in [1.54, 1.807) is 6.07 Å². The Labute approximate surface area is 120 Å². The quantitative estimate of drug-likeness (QED) is 0.885. The van der Waals surface area contributed by atoms with Crippen LogP contribution in [0.4, 0.5) is 15.8 Å². The lowest BCUT2D eigenvalue weighted by molar-refractivity contribution is 0.627. The van der Waals surface area contributed by atoms with Gasteiger partial charge in [0.2, 0.25) is 0 Å². The van der Waals surface area contributed by atoms with Gasteiger partial charge in [-0.15, -0.1) is 0 Å². The molecule has 19 heavy (non-hydrogen) atoms. The van der Waals surface area contributed by atoms with Crippen LogP contribution in [0.3, 0.4) is 0 Å². The van der Waals surface area contributed by atoms with Crippen molar-refractivity contribution in [1.29, 1.82) is 5.26 Å². The van der Waals surface area contributed by atoms with E-state index < -0.39 is 5.82 Å². The molecule has 0 amide bonds. The second kappa shape index (κ2) is 5.85. The second-order valence-electron chi connectivity index (χ2n) is 4.08. The van der Waals surface area contributed by atoms with Gasteiger partial charge in [0, 0.05) is 10.2 Å². The highest BCUT2D eigenvalue weighted by atomic mass is 79.9. The Morgan fingerprint density at radius 1 is 1.21 bits per heavy atom. The molecule has 0 spiro atoms. The summed E-state index contributed by atoms with van der Waals surface area (Å²) in [6, 6.07) is 12.0. The number of nitriles is 1. The molecule has 2 nitrogen and oxygen atoms in total. The number of anilines is 2. The zero-order valence-corrected chi connectivity index (χ0v) is 12.0. The molecule has 0 heterocycles. The molecule has 2 aromatic carbocycles. The van der Waals surface area contributed by atoms with Crippen LogP contribution in [-0.4, -0.2) is 0 Å². The molecule has 0 aliphatic carbocycles. The predicted octanol–water partition coefficient (Wildman–Crippen LogP) is 4.77. The standard InChI is InChI=1S/C15H12BrFN2/c1-2-10-7-12(16)3-5-14(10)19-15-6-4-13(17)8-11(15)9-18/h3-8,19H,2H2,1H3. The monoisotopic (exact) mass is 318 g/mol. The molecule has 0 radical (unpaired) electrons. The number of hydrogen-bond donors (Lipinski definition) is 1. The lowest BCUT2D eigenvalue weighted by atomic mass is 10.1. The lowest BCUT2D eigenvalue weighted by Gasteiger charge is -2.12. The fraction of sp³-hybridized carbons (Fsp3) is 0.133. The Balaban J connectivity index is 2.39. The van der Waals surface area contributed by atoms with Gasteiger partial charge in [0.05, 0.1) is 11.3 Å². The molecule has 0 fully saturated rings. The predicted molar refractivity (Wildman–Crippen MR) is 77.9 cm³/mol. The Bertz CT molecular complexity index is 647. The number of hydrogen-bond acceptors (Lipinski definition) is 2. The van der Waals surface area contributed by atoms with Crippen molar-refractivity contribution in [3.63, 3.8) is 0 Å². The molecule has 1 N–H and O–H groups in total. The Kier molecular flexibility index (Phi) is 4.18. The molecular formula is C15H12BrFN2. The number of aryl methyl sites for hydroxylation is 1. The van der Waals surface area contributed by atoms with Crippen LogP contribution in [0.15, 0.2) is 40.9 Å². The molecule has 0 saturated carbocycles. The molecule has 2 rings (SSSR count). The van der Waals surface area contributed by atoms with Crippen LogP contribution in [0, 0.1) is 17.1 Å². The van der Waals surface area contributed by atoms with Gasteiger partial charge in [0.25, 0.3) is 0 Å². The summed E-state index contributed by atoms with van der Waals surface area (Å²) in [5.41, 5.74) is 2.96. The van der Waals surface area contributed by atoms with Crippen LogP contribution >= 0.6 is 15.9 Å². The SMILES string of the molecule is CCc1cc(Br)ccc1Nc1ccc(F)cc1C#N. The molecule has 0 aromatic heterocycles. The molecule has 4 heteroatoms. The molecule has 0 bridgehead atoms. The van der Waals surface area contributed by atoms with E-state index in [1.165, 1.54) is 12.1 Å². The summed E-state index contributed by atoms with van der Waals surface area (Å²) in [5, 5.41) is 12.2. The summed E-state index contributed by atoms with van der Waals surface area (Å²) in [4.78, 5) is 0. The molecule has 2 aromatic rings. The molecule has 0 aliphatic rings. The fourth-order valence-corrected chi connectivity index (χ4v) is 2.25. The Morgan fingerprint density at radius 2 is 1.95 bits per heavy atom. The minimum Gasteiger partial charge on any atom is -0.354 e. The fourth-order valence-electron chi connectivity index (χ4n) is 1.84. The minimum absolute atomic E-state index is 0.296. The van der Waals surface area contributed by atoms with Gasteiger partial charge < -0.3 is 5.32 Å². The minimum atomic E-state index is -0.409. The van der Waals surface area contributed by atoms with Gasteiger partial charge in [0.1, 0.15) is 11.9 Å². The van der Waals surface area contributed by atoms with Crippen molar-refractivity contribution in [1.82, 2.24) is 0 Å². The van der Waals surface area contributed by atoms with Gasteiger partial charge in [-0.2, -0.15) is 5.26 Å². The average molecular weight is 319 g/mol. The highest BCUT2D eigenvalue weighted by Gasteiger charge is 2.07. The van der Waals surface area contributed by atoms with Gasteiger partial charge in [-0.05, 0) is 48.4 Å². The molecule has 96 valence electrons. The Morgan fingerprint density at radius 3 is 2.63 bits per heavy atom. The van der Waals surface area contributed by atoms with Crippen molar-refractivity contribution in [3.8, 4) is 6.07 Å². The van der Waals surface area contributed by atoms with Crippen LogP contribution in [0.1, 0.15) is 18.1 Å². The van der Waals surface area contributed by atoms with Gasteiger partial charge >= 0.3 is 0 Å². The summed E-state index contributed by atoms with van der Waals surface area (Å²) in [6.45, 7) is 2.06. The zero-order chi connectivity index (χ0) is 13.8. The summed E-state index contributed by atoms with van der Waals surface area (Å²) >= 11 is 3.43. The lowest BCUT2D eigenvalue weighted by Crippen LogP contribution is -1.98. The zero-order valence-electron chi connectivity index (χ0n) is 10.4. The van der Waals surface area contributed by atoms with Crippen LogP contribution in [0.25, 0.3) is 0 Å². The Hall–Kier alpha value is -1.86.